The predicted molar refractivity (Wildman–Crippen MR) is 5.75 cm³/mol. The van der Waals surface area contributed by atoms with E-state index in [9.17, 15) is 0 Å². The molecular formula is ErNaO4Si. The molecule has 0 aromatic carbocycles. The summed E-state index contributed by atoms with van der Waals surface area (Å²) in [6.45, 7) is 0. The van der Waals surface area contributed by atoms with Gasteiger partial charge in [-0.2, -0.15) is 0 Å². The summed E-state index contributed by atoms with van der Waals surface area (Å²) in [6, 6.07) is 0. The van der Waals surface area contributed by atoms with Crippen LogP contribution in [0.1, 0.15) is 0 Å². The molecule has 7 heavy (non-hydrogen) atoms. The van der Waals surface area contributed by atoms with Gasteiger partial charge in [-0.3, -0.25) is 0 Å². The van der Waals surface area contributed by atoms with E-state index in [0.29, 0.717) is 0 Å². The molecule has 1 radical (unpaired) electrons. The molecule has 0 heterocycles. The zero-order chi connectivity index (χ0) is 4.50. The summed E-state index contributed by atoms with van der Waals surface area (Å²) in [4.78, 5) is 34.3. The molecule has 0 saturated heterocycles. The van der Waals surface area contributed by atoms with E-state index in [2.05, 4.69) is 0 Å². The molecule has 4 nitrogen and oxygen atoms in total. The first-order chi connectivity index (χ1) is 2.00. The van der Waals surface area contributed by atoms with Crippen LogP contribution in [0.2, 0.25) is 0 Å². The molecule has 0 unspecified atom stereocenters. The van der Waals surface area contributed by atoms with Gasteiger partial charge in [0.05, 0.1) is 0 Å². The first kappa shape index (κ1) is 16.1. The fourth-order valence-electron chi connectivity index (χ4n) is 0. The van der Waals surface area contributed by atoms with Crippen molar-refractivity contribution in [1.82, 2.24) is 0 Å². The van der Waals surface area contributed by atoms with Gasteiger partial charge in [0, 0.05) is 0 Å². The first-order valence-electron chi connectivity index (χ1n) is 0.816. The van der Waals surface area contributed by atoms with Crippen molar-refractivity contribution in [2.24, 2.45) is 0 Å². The summed E-state index contributed by atoms with van der Waals surface area (Å²) in [5, 5.41) is 0. The molecule has 0 aliphatic carbocycles. The first-order valence-corrected chi connectivity index (χ1v) is 2.45. The standard InChI is InChI=1S/Er.Na.O4Si/c;;1-5(2,3)4/q+3;+1;-4. The summed E-state index contributed by atoms with van der Waals surface area (Å²) in [7, 11) is -5.61. The van der Waals surface area contributed by atoms with Gasteiger partial charge in [-0.15, -0.1) is 0 Å². The molecule has 7 heteroatoms. The molecule has 0 aromatic rings. The van der Waals surface area contributed by atoms with E-state index in [4.69, 9.17) is 19.2 Å². The Balaban J connectivity index is -0.0000000800. The second kappa shape index (κ2) is 6.42. The third-order valence-corrected chi connectivity index (χ3v) is 0. The van der Waals surface area contributed by atoms with Gasteiger partial charge >= 0.3 is 66.9 Å². The summed E-state index contributed by atoms with van der Waals surface area (Å²) in [5.41, 5.74) is 0. The van der Waals surface area contributed by atoms with Crippen LogP contribution < -0.4 is 48.7 Å². The Bertz CT molecular complexity index is 27.2. The number of hydrogen-bond acceptors (Lipinski definition) is 4. The molecule has 0 bridgehead atoms. The molecule has 0 aliphatic rings. The smallest absolute Gasteiger partial charge is 0.894 e. The van der Waals surface area contributed by atoms with Crippen molar-refractivity contribution < 1.29 is 86.0 Å². The van der Waals surface area contributed by atoms with Gasteiger partial charge in [-0.05, 0) is 0 Å². The van der Waals surface area contributed by atoms with E-state index in [0.717, 1.165) is 0 Å². The van der Waals surface area contributed by atoms with Crippen LogP contribution in [0.5, 0.6) is 0 Å². The van der Waals surface area contributed by atoms with Crippen molar-refractivity contribution >= 4 is 9.05 Å². The van der Waals surface area contributed by atoms with Crippen LogP contribution in [0.25, 0.3) is 0 Å². The molecule has 0 atom stereocenters. The normalized spacial score (nSPS) is 8.57. The van der Waals surface area contributed by atoms with Crippen LogP contribution in [0.3, 0.4) is 0 Å². The SMILES string of the molecule is [Er+3].[Na+].[O-][Si]([O-])([O-])[O-]. The third-order valence-electron chi connectivity index (χ3n) is 0. The fourth-order valence-corrected chi connectivity index (χ4v) is 0. The molecular weight excluding hydrogens is 282 g/mol. The largest absolute Gasteiger partial charge is 3.00 e. The zero-order valence-electron chi connectivity index (χ0n) is 3.42. The summed E-state index contributed by atoms with van der Waals surface area (Å²) in [5.74, 6) is 0. The molecule has 0 rings (SSSR count). The van der Waals surface area contributed by atoms with E-state index in [1.165, 1.54) is 0 Å². The molecule has 0 aliphatic heterocycles. The van der Waals surface area contributed by atoms with Crippen molar-refractivity contribution in [3.8, 4) is 0 Å². The van der Waals surface area contributed by atoms with Gasteiger partial charge in [-0.25, -0.2) is 0 Å². The average Bonchev–Trinajstić information content (AvgIpc) is 0.722. The van der Waals surface area contributed by atoms with E-state index < -0.39 is 9.05 Å². The van der Waals surface area contributed by atoms with Crippen molar-refractivity contribution in [2.75, 3.05) is 0 Å². The number of rotatable bonds is 0. The van der Waals surface area contributed by atoms with Crippen LogP contribution in [-0.4, -0.2) is 9.05 Å². The maximum absolute atomic E-state index is 8.58. The van der Waals surface area contributed by atoms with E-state index in [-0.39, 0.29) is 66.9 Å². The molecule has 0 fully saturated rings. The molecule has 0 amide bonds. The maximum atomic E-state index is 8.58. The van der Waals surface area contributed by atoms with Crippen LogP contribution in [-0.2, 0) is 0 Å². The van der Waals surface area contributed by atoms with Gasteiger partial charge in [0.25, 0.3) is 0 Å². The Morgan fingerprint density at radius 3 is 0.857 bits per heavy atom. The van der Waals surface area contributed by atoms with E-state index >= 15 is 0 Å². The fraction of sp³-hybridized carbons (Fsp3) is 0. The van der Waals surface area contributed by atoms with Crippen molar-refractivity contribution in [2.45, 2.75) is 0 Å². The third kappa shape index (κ3) is 62.2. The minimum atomic E-state index is -5.61. The van der Waals surface area contributed by atoms with Crippen LogP contribution in [0.15, 0.2) is 0 Å². The van der Waals surface area contributed by atoms with Gasteiger partial charge in [-0.1, -0.05) is 0 Å². The van der Waals surface area contributed by atoms with Crippen molar-refractivity contribution in [3.05, 3.63) is 0 Å². The van der Waals surface area contributed by atoms with Gasteiger partial charge < -0.3 is 28.2 Å². The van der Waals surface area contributed by atoms with Crippen LogP contribution in [0.4, 0.5) is 0 Å². The zero-order valence-corrected chi connectivity index (χ0v) is 8.27. The Labute approximate surface area is 93.5 Å². The van der Waals surface area contributed by atoms with Crippen LogP contribution in [0, 0.1) is 37.3 Å². The van der Waals surface area contributed by atoms with Crippen molar-refractivity contribution in [1.29, 1.82) is 0 Å². The monoisotopic (exact) mass is 281 g/mol. The Hall–Kier alpha value is 2.30. The predicted octanol–water partition coefficient (Wildman–Crippen LogP) is -8.13. The van der Waals surface area contributed by atoms with E-state index in [1.54, 1.807) is 0 Å². The summed E-state index contributed by atoms with van der Waals surface area (Å²) in [6.07, 6.45) is 0. The van der Waals surface area contributed by atoms with Gasteiger partial charge in [0.2, 0.25) is 0 Å². The second-order valence-electron chi connectivity index (χ2n) is 0.500. The summed E-state index contributed by atoms with van der Waals surface area (Å²) >= 11 is 0. The quantitative estimate of drug-likeness (QED) is 0.413. The van der Waals surface area contributed by atoms with Crippen LogP contribution >= 0.6 is 0 Å². The topological polar surface area (TPSA) is 92.2 Å². The Morgan fingerprint density at radius 2 is 0.857 bits per heavy atom. The minimum Gasteiger partial charge on any atom is -0.894 e. The minimum absolute atomic E-state index is 0. The average molecular weight is 282 g/mol. The molecule has 41 valence electrons. The van der Waals surface area contributed by atoms with Gasteiger partial charge in [0.15, 0.2) is 0 Å². The molecule has 0 N–H and O–H groups in total. The molecule has 0 spiro atoms. The maximum Gasteiger partial charge on any atom is 3.00 e. The number of hydrogen-bond donors (Lipinski definition) is 0. The Morgan fingerprint density at radius 1 is 0.857 bits per heavy atom. The Kier molecular flexibility index (Phi) is 14.8. The van der Waals surface area contributed by atoms with Crippen molar-refractivity contribution in [3.63, 3.8) is 0 Å². The molecule has 0 saturated carbocycles. The second-order valence-corrected chi connectivity index (χ2v) is 1.50. The molecule has 0 aromatic heterocycles. The van der Waals surface area contributed by atoms with Gasteiger partial charge in [0.1, 0.15) is 0 Å². The van der Waals surface area contributed by atoms with E-state index in [1.807, 2.05) is 0 Å². The summed E-state index contributed by atoms with van der Waals surface area (Å²) < 4.78 is 0.